The Balaban J connectivity index is 2.70. The minimum atomic E-state index is -3.14. The Morgan fingerprint density at radius 2 is 2.19 bits per heavy atom. The zero-order valence-electron chi connectivity index (χ0n) is 9.31. The Kier molecular flexibility index (Phi) is 4.01. The third-order valence-corrected chi connectivity index (χ3v) is 3.50. The highest BCUT2D eigenvalue weighted by Crippen LogP contribution is 2.10. The molecule has 1 aromatic heterocycles. The smallest absolute Gasteiger partial charge is 0.171 e. The van der Waals surface area contributed by atoms with Gasteiger partial charge in [0.05, 0.1) is 5.75 Å². The molecule has 0 radical (unpaired) electrons. The molecule has 0 spiro atoms. The van der Waals surface area contributed by atoms with Crippen LogP contribution in [-0.4, -0.2) is 19.2 Å². The number of allylic oxidation sites excluding steroid dienone is 1. The summed E-state index contributed by atoms with van der Waals surface area (Å²) in [6.07, 6.45) is 2.11. The van der Waals surface area contributed by atoms with Gasteiger partial charge in [-0.25, -0.2) is 8.42 Å². The van der Waals surface area contributed by atoms with Crippen molar-refractivity contribution in [3.05, 3.63) is 48.2 Å². The van der Waals surface area contributed by atoms with E-state index in [9.17, 15) is 8.42 Å². The number of aryl methyl sites for hydroxylation is 1. The van der Waals surface area contributed by atoms with Crippen LogP contribution in [0, 0.1) is 0 Å². The number of nitrogens with zero attached hydrogens (tertiary/aromatic N) is 1. The van der Waals surface area contributed by atoms with Gasteiger partial charge in [0.1, 0.15) is 0 Å². The molecule has 86 valence electrons. The predicted octanol–water partition coefficient (Wildman–Crippen LogP) is 2.22. The number of hydrogen-bond acceptors (Lipinski definition) is 3. The number of rotatable bonds is 5. The zero-order valence-corrected chi connectivity index (χ0v) is 10.1. The Morgan fingerprint density at radius 3 is 2.62 bits per heavy atom. The minimum absolute atomic E-state index is 0.0515. The van der Waals surface area contributed by atoms with Crippen molar-refractivity contribution < 1.29 is 8.42 Å². The zero-order chi connectivity index (χ0) is 12.2. The molecule has 1 heterocycles. The molecular weight excluding hydrogens is 222 g/mol. The predicted molar refractivity (Wildman–Crippen MR) is 66.6 cm³/mol. The maximum atomic E-state index is 11.2. The maximum Gasteiger partial charge on any atom is 0.171 e. The van der Waals surface area contributed by atoms with E-state index in [0.29, 0.717) is 6.42 Å². The molecule has 0 aromatic carbocycles. The van der Waals surface area contributed by atoms with Gasteiger partial charge in [0.25, 0.3) is 0 Å². The molecule has 0 N–H and O–H groups in total. The summed E-state index contributed by atoms with van der Waals surface area (Å²) in [5.41, 5.74) is 2.67. The summed E-state index contributed by atoms with van der Waals surface area (Å²) in [4.78, 5) is 4.18. The van der Waals surface area contributed by atoms with Crippen molar-refractivity contribution in [2.75, 3.05) is 5.75 Å². The van der Waals surface area contributed by atoms with E-state index in [1.165, 1.54) is 0 Å². The first-order valence-electron chi connectivity index (χ1n) is 4.90. The van der Waals surface area contributed by atoms with Gasteiger partial charge >= 0.3 is 0 Å². The molecule has 16 heavy (non-hydrogen) atoms. The van der Waals surface area contributed by atoms with E-state index in [4.69, 9.17) is 0 Å². The lowest BCUT2D eigenvalue weighted by molar-refractivity contribution is 0.603. The van der Waals surface area contributed by atoms with E-state index >= 15 is 0 Å². The third kappa shape index (κ3) is 3.62. The van der Waals surface area contributed by atoms with Crippen LogP contribution in [0.1, 0.15) is 18.2 Å². The van der Waals surface area contributed by atoms with Crippen molar-refractivity contribution in [3.63, 3.8) is 0 Å². The number of sulfone groups is 1. The first-order chi connectivity index (χ1) is 7.44. The Hall–Kier alpha value is -1.42. The Bertz CT molecular complexity index is 486. The standard InChI is InChI=1S/C12H15NO2S/c1-4-16(14,15)8-7-12-6-5-11(9-13-12)10(2)3/h4-6,9H,1-2,7-8H2,3H3. The van der Waals surface area contributed by atoms with Gasteiger partial charge in [-0.05, 0) is 24.1 Å². The van der Waals surface area contributed by atoms with Crippen LogP contribution >= 0.6 is 0 Å². The second kappa shape index (κ2) is 5.07. The van der Waals surface area contributed by atoms with E-state index in [-0.39, 0.29) is 5.75 Å². The summed E-state index contributed by atoms with van der Waals surface area (Å²) in [6, 6.07) is 3.72. The first-order valence-corrected chi connectivity index (χ1v) is 6.62. The molecule has 0 unspecified atom stereocenters. The second-order valence-corrected chi connectivity index (χ2v) is 5.67. The summed E-state index contributed by atoms with van der Waals surface area (Å²) < 4.78 is 22.4. The molecule has 0 amide bonds. The average molecular weight is 237 g/mol. The molecule has 0 saturated heterocycles. The summed E-state index contributed by atoms with van der Waals surface area (Å²) in [5, 5.41) is 0.981. The lowest BCUT2D eigenvalue weighted by atomic mass is 10.1. The fraction of sp³-hybridized carbons (Fsp3) is 0.250. The highest BCUT2D eigenvalue weighted by molar-refractivity contribution is 7.94. The molecular formula is C12H15NO2S. The van der Waals surface area contributed by atoms with Crippen molar-refractivity contribution in [2.24, 2.45) is 0 Å². The van der Waals surface area contributed by atoms with Crippen LogP contribution in [0.4, 0.5) is 0 Å². The third-order valence-electron chi connectivity index (χ3n) is 2.21. The van der Waals surface area contributed by atoms with Gasteiger partial charge in [0.2, 0.25) is 0 Å². The normalized spacial score (nSPS) is 11.1. The molecule has 0 aliphatic heterocycles. The van der Waals surface area contributed by atoms with Crippen molar-refractivity contribution in [2.45, 2.75) is 13.3 Å². The fourth-order valence-corrected chi connectivity index (χ4v) is 1.82. The topological polar surface area (TPSA) is 47.0 Å². The SMILES string of the molecule is C=CS(=O)(=O)CCc1ccc(C(=C)C)cn1. The van der Waals surface area contributed by atoms with Gasteiger partial charge < -0.3 is 0 Å². The van der Waals surface area contributed by atoms with Gasteiger partial charge in [-0.15, -0.1) is 0 Å². The van der Waals surface area contributed by atoms with Gasteiger partial charge in [0.15, 0.2) is 9.84 Å². The average Bonchev–Trinajstić information content (AvgIpc) is 2.27. The summed E-state index contributed by atoms with van der Waals surface area (Å²) in [7, 11) is -3.14. The van der Waals surface area contributed by atoms with E-state index in [1.807, 2.05) is 19.1 Å². The maximum absolute atomic E-state index is 11.2. The molecule has 0 fully saturated rings. The van der Waals surface area contributed by atoms with E-state index in [1.54, 1.807) is 6.20 Å². The summed E-state index contributed by atoms with van der Waals surface area (Å²) in [5.74, 6) is 0.0515. The molecule has 4 heteroatoms. The first kappa shape index (κ1) is 12.6. The van der Waals surface area contributed by atoms with Crippen LogP contribution < -0.4 is 0 Å². The largest absolute Gasteiger partial charge is 0.261 e. The molecule has 0 bridgehead atoms. The lowest BCUT2D eigenvalue weighted by Crippen LogP contribution is -2.05. The fourth-order valence-electron chi connectivity index (χ4n) is 1.15. The number of aromatic nitrogens is 1. The monoisotopic (exact) mass is 237 g/mol. The quantitative estimate of drug-likeness (QED) is 0.789. The molecule has 1 rings (SSSR count). The summed E-state index contributed by atoms with van der Waals surface area (Å²) >= 11 is 0. The molecule has 0 saturated carbocycles. The van der Waals surface area contributed by atoms with Crippen LogP contribution in [0.3, 0.4) is 0 Å². The van der Waals surface area contributed by atoms with Crippen LogP contribution in [0.25, 0.3) is 5.57 Å². The van der Waals surface area contributed by atoms with Crippen LogP contribution in [0.5, 0.6) is 0 Å². The van der Waals surface area contributed by atoms with Crippen LogP contribution in [-0.2, 0) is 16.3 Å². The number of hydrogen-bond donors (Lipinski definition) is 0. The van der Waals surface area contributed by atoms with Gasteiger partial charge in [-0.3, -0.25) is 4.98 Å². The summed E-state index contributed by atoms with van der Waals surface area (Å²) in [6.45, 7) is 8.97. The molecule has 1 aromatic rings. The van der Waals surface area contributed by atoms with Gasteiger partial charge in [-0.1, -0.05) is 19.2 Å². The molecule has 3 nitrogen and oxygen atoms in total. The van der Waals surface area contributed by atoms with Crippen LogP contribution in [0.15, 0.2) is 36.9 Å². The van der Waals surface area contributed by atoms with Crippen molar-refractivity contribution in [1.29, 1.82) is 0 Å². The highest BCUT2D eigenvalue weighted by atomic mass is 32.2. The van der Waals surface area contributed by atoms with E-state index in [2.05, 4.69) is 18.1 Å². The molecule has 0 aliphatic rings. The minimum Gasteiger partial charge on any atom is -0.261 e. The van der Waals surface area contributed by atoms with E-state index < -0.39 is 9.84 Å². The van der Waals surface area contributed by atoms with Crippen molar-refractivity contribution in [3.8, 4) is 0 Å². The number of pyridine rings is 1. The van der Waals surface area contributed by atoms with Crippen molar-refractivity contribution in [1.82, 2.24) is 4.98 Å². The molecule has 0 atom stereocenters. The van der Waals surface area contributed by atoms with Gasteiger partial charge in [0, 0.05) is 23.7 Å². The van der Waals surface area contributed by atoms with Gasteiger partial charge in [-0.2, -0.15) is 0 Å². The Morgan fingerprint density at radius 1 is 1.50 bits per heavy atom. The highest BCUT2D eigenvalue weighted by Gasteiger charge is 2.06. The van der Waals surface area contributed by atoms with Crippen molar-refractivity contribution >= 4 is 15.4 Å². The lowest BCUT2D eigenvalue weighted by Gasteiger charge is -2.02. The molecule has 0 aliphatic carbocycles. The van der Waals surface area contributed by atoms with Crippen LogP contribution in [0.2, 0.25) is 0 Å². The van der Waals surface area contributed by atoms with E-state index in [0.717, 1.165) is 22.2 Å². The second-order valence-electron chi connectivity index (χ2n) is 3.60. The Labute approximate surface area is 96.5 Å².